The van der Waals surface area contributed by atoms with Gasteiger partial charge in [-0.15, -0.1) is 11.3 Å². The summed E-state index contributed by atoms with van der Waals surface area (Å²) < 4.78 is 0. The Kier molecular flexibility index (Phi) is 3.15. The zero-order chi connectivity index (χ0) is 12.2. The van der Waals surface area contributed by atoms with E-state index < -0.39 is 0 Å². The molecule has 0 fully saturated rings. The van der Waals surface area contributed by atoms with E-state index in [4.69, 9.17) is 0 Å². The molecule has 1 aromatic carbocycles. The van der Waals surface area contributed by atoms with E-state index in [1.165, 1.54) is 10.4 Å². The second-order valence-corrected chi connectivity index (χ2v) is 4.98. The highest BCUT2D eigenvalue weighted by atomic mass is 32.1. The first-order valence-corrected chi connectivity index (χ1v) is 6.68. The van der Waals surface area contributed by atoms with Crippen LogP contribution in [0.4, 0.5) is 0 Å². The highest BCUT2D eigenvalue weighted by Crippen LogP contribution is 2.22. The third-order valence-electron chi connectivity index (χ3n) is 2.73. The van der Waals surface area contributed by atoms with E-state index in [9.17, 15) is 0 Å². The Morgan fingerprint density at radius 1 is 0.944 bits per heavy atom. The first-order valence-electron chi connectivity index (χ1n) is 5.80. The molecule has 3 rings (SSSR count). The number of thiophene rings is 1. The Morgan fingerprint density at radius 3 is 2.61 bits per heavy atom. The standard InChI is InChI=1S/C15H12N2S/c1-2-5-12(6-3-1)9-13-10-14(17-11-16-13)15-7-4-8-18-15/h1-8,10-11H,9H2. The van der Waals surface area contributed by atoms with E-state index in [0.29, 0.717) is 0 Å². The molecule has 3 heteroatoms. The van der Waals surface area contributed by atoms with Crippen LogP contribution < -0.4 is 0 Å². The van der Waals surface area contributed by atoms with E-state index in [1.54, 1.807) is 17.7 Å². The third-order valence-corrected chi connectivity index (χ3v) is 3.62. The predicted molar refractivity (Wildman–Crippen MR) is 74.6 cm³/mol. The largest absolute Gasteiger partial charge is 0.241 e. The van der Waals surface area contributed by atoms with Crippen molar-refractivity contribution in [3.8, 4) is 10.6 Å². The van der Waals surface area contributed by atoms with E-state index in [2.05, 4.69) is 51.7 Å². The van der Waals surface area contributed by atoms with E-state index in [0.717, 1.165) is 17.8 Å². The molecule has 0 saturated heterocycles. The Bertz CT molecular complexity index is 618. The molecule has 3 aromatic rings. The van der Waals surface area contributed by atoms with Gasteiger partial charge >= 0.3 is 0 Å². The van der Waals surface area contributed by atoms with Gasteiger partial charge in [0.15, 0.2) is 0 Å². The molecule has 0 atom stereocenters. The minimum atomic E-state index is 0.849. The molecule has 0 amide bonds. The Morgan fingerprint density at radius 2 is 1.83 bits per heavy atom. The van der Waals surface area contributed by atoms with Crippen LogP contribution >= 0.6 is 11.3 Å². The molecule has 18 heavy (non-hydrogen) atoms. The van der Waals surface area contributed by atoms with Crippen molar-refractivity contribution in [1.82, 2.24) is 9.97 Å². The van der Waals surface area contributed by atoms with Crippen molar-refractivity contribution in [1.29, 1.82) is 0 Å². The average molecular weight is 252 g/mol. The lowest BCUT2D eigenvalue weighted by molar-refractivity contribution is 1.03. The van der Waals surface area contributed by atoms with Crippen molar-refractivity contribution in [3.63, 3.8) is 0 Å². The summed E-state index contributed by atoms with van der Waals surface area (Å²) >= 11 is 1.70. The van der Waals surface area contributed by atoms with Gasteiger partial charge in [0.1, 0.15) is 6.33 Å². The third kappa shape index (κ3) is 2.46. The van der Waals surface area contributed by atoms with Crippen molar-refractivity contribution in [3.05, 3.63) is 71.5 Å². The van der Waals surface area contributed by atoms with Crippen molar-refractivity contribution in [2.75, 3.05) is 0 Å². The maximum Gasteiger partial charge on any atom is 0.116 e. The maximum absolute atomic E-state index is 4.34. The Hall–Kier alpha value is -2.00. The van der Waals surface area contributed by atoms with Crippen LogP contribution in [0.25, 0.3) is 10.6 Å². The fraction of sp³-hybridized carbons (Fsp3) is 0.0667. The highest BCUT2D eigenvalue weighted by Gasteiger charge is 2.03. The molecular formula is C15H12N2S. The van der Waals surface area contributed by atoms with Crippen LogP contribution in [0.1, 0.15) is 11.3 Å². The molecule has 2 nitrogen and oxygen atoms in total. The summed E-state index contributed by atoms with van der Waals surface area (Å²) in [6.45, 7) is 0. The molecule has 0 saturated carbocycles. The van der Waals surface area contributed by atoms with Gasteiger partial charge in [-0.1, -0.05) is 36.4 Å². The summed E-state index contributed by atoms with van der Waals surface area (Å²) in [5.74, 6) is 0. The minimum absolute atomic E-state index is 0.849. The molecular weight excluding hydrogens is 240 g/mol. The van der Waals surface area contributed by atoms with Crippen LogP contribution in [0.3, 0.4) is 0 Å². The van der Waals surface area contributed by atoms with Gasteiger partial charge in [-0.2, -0.15) is 0 Å². The SMILES string of the molecule is c1ccc(Cc2cc(-c3cccs3)ncn2)cc1. The fourth-order valence-electron chi connectivity index (χ4n) is 1.86. The van der Waals surface area contributed by atoms with Crippen molar-refractivity contribution in [2.45, 2.75) is 6.42 Å². The summed E-state index contributed by atoms with van der Waals surface area (Å²) in [5.41, 5.74) is 3.33. The zero-order valence-electron chi connectivity index (χ0n) is 9.78. The van der Waals surface area contributed by atoms with Gasteiger partial charge in [0, 0.05) is 12.1 Å². The molecule has 0 aliphatic rings. The van der Waals surface area contributed by atoms with Crippen LogP contribution in [0, 0.1) is 0 Å². The normalized spacial score (nSPS) is 10.4. The summed E-state index contributed by atoms with van der Waals surface area (Å²) in [5, 5.41) is 2.06. The van der Waals surface area contributed by atoms with Crippen LogP contribution in [0.15, 0.2) is 60.2 Å². The van der Waals surface area contributed by atoms with Gasteiger partial charge in [-0.3, -0.25) is 0 Å². The first kappa shape index (κ1) is 11.1. The van der Waals surface area contributed by atoms with E-state index in [-0.39, 0.29) is 0 Å². The lowest BCUT2D eigenvalue weighted by Gasteiger charge is -2.02. The van der Waals surface area contributed by atoms with Crippen LogP contribution in [0.5, 0.6) is 0 Å². The maximum atomic E-state index is 4.34. The van der Waals surface area contributed by atoms with Gasteiger partial charge in [-0.25, -0.2) is 9.97 Å². The number of nitrogens with zero attached hydrogens (tertiary/aromatic N) is 2. The quantitative estimate of drug-likeness (QED) is 0.708. The summed E-state index contributed by atoms with van der Waals surface area (Å²) in [4.78, 5) is 9.85. The molecule has 2 heterocycles. The number of aromatic nitrogens is 2. The zero-order valence-corrected chi connectivity index (χ0v) is 10.6. The summed E-state index contributed by atoms with van der Waals surface area (Å²) in [7, 11) is 0. The Labute approximate surface area is 110 Å². The highest BCUT2D eigenvalue weighted by molar-refractivity contribution is 7.13. The van der Waals surface area contributed by atoms with Crippen molar-refractivity contribution < 1.29 is 0 Å². The average Bonchev–Trinajstić information content (AvgIpc) is 2.94. The molecule has 0 spiro atoms. The lowest BCUT2D eigenvalue weighted by atomic mass is 10.1. The second kappa shape index (κ2) is 5.10. The van der Waals surface area contributed by atoms with Crippen molar-refractivity contribution in [2.24, 2.45) is 0 Å². The van der Waals surface area contributed by atoms with Gasteiger partial charge in [0.05, 0.1) is 10.6 Å². The molecule has 2 aromatic heterocycles. The minimum Gasteiger partial charge on any atom is -0.241 e. The van der Waals surface area contributed by atoms with E-state index >= 15 is 0 Å². The number of hydrogen-bond donors (Lipinski definition) is 0. The summed E-state index contributed by atoms with van der Waals surface area (Å²) in [6, 6.07) is 16.6. The van der Waals surface area contributed by atoms with E-state index in [1.807, 2.05) is 12.1 Å². The molecule has 0 unspecified atom stereocenters. The topological polar surface area (TPSA) is 25.8 Å². The molecule has 0 bridgehead atoms. The molecule has 0 aliphatic heterocycles. The second-order valence-electron chi connectivity index (χ2n) is 4.03. The first-order chi connectivity index (χ1) is 8.92. The molecule has 88 valence electrons. The number of benzene rings is 1. The lowest BCUT2D eigenvalue weighted by Crippen LogP contribution is -1.94. The van der Waals surface area contributed by atoms with Gasteiger partial charge in [0.25, 0.3) is 0 Å². The van der Waals surface area contributed by atoms with Crippen LogP contribution in [-0.2, 0) is 6.42 Å². The Balaban J connectivity index is 1.88. The fourth-order valence-corrected chi connectivity index (χ4v) is 2.55. The van der Waals surface area contributed by atoms with Gasteiger partial charge in [0.2, 0.25) is 0 Å². The molecule has 0 N–H and O–H groups in total. The van der Waals surface area contributed by atoms with Crippen molar-refractivity contribution >= 4 is 11.3 Å². The number of hydrogen-bond acceptors (Lipinski definition) is 3. The monoisotopic (exact) mass is 252 g/mol. The van der Waals surface area contributed by atoms with Gasteiger partial charge in [-0.05, 0) is 23.1 Å². The van der Waals surface area contributed by atoms with Gasteiger partial charge < -0.3 is 0 Å². The smallest absolute Gasteiger partial charge is 0.116 e. The number of rotatable bonds is 3. The summed E-state index contributed by atoms with van der Waals surface area (Å²) in [6.07, 6.45) is 2.50. The van der Waals surface area contributed by atoms with Crippen LogP contribution in [0.2, 0.25) is 0 Å². The molecule has 0 radical (unpaired) electrons. The van der Waals surface area contributed by atoms with Crippen LogP contribution in [-0.4, -0.2) is 9.97 Å². The molecule has 0 aliphatic carbocycles. The predicted octanol–water partition coefficient (Wildman–Crippen LogP) is 3.80.